The molecule has 0 saturated heterocycles. The van der Waals surface area contributed by atoms with Gasteiger partial charge in [0.05, 0.1) is 12.1 Å². The molecule has 0 atom stereocenters. The van der Waals surface area contributed by atoms with Crippen LogP contribution in [0.4, 0.5) is 0 Å². The van der Waals surface area contributed by atoms with E-state index in [1.54, 1.807) is 11.3 Å². The average Bonchev–Trinajstić information content (AvgIpc) is 3.13. The molecular weight excluding hydrogens is 304 g/mol. The Bertz CT molecular complexity index is 664. The molecule has 2 heterocycles. The van der Waals surface area contributed by atoms with E-state index in [4.69, 9.17) is 0 Å². The lowest BCUT2D eigenvalue weighted by molar-refractivity contribution is 0.0922. The van der Waals surface area contributed by atoms with Crippen LogP contribution >= 0.6 is 11.3 Å². The summed E-state index contributed by atoms with van der Waals surface area (Å²) in [4.78, 5) is 14.0. The first-order valence-corrected chi connectivity index (χ1v) is 9.42. The number of thiophene rings is 1. The molecule has 4 heteroatoms. The second-order valence-corrected chi connectivity index (χ2v) is 7.91. The van der Waals surface area contributed by atoms with Crippen molar-refractivity contribution < 1.29 is 4.79 Å². The zero-order valence-corrected chi connectivity index (χ0v) is 15.1. The minimum absolute atomic E-state index is 0.0927. The molecule has 1 aliphatic rings. The van der Waals surface area contributed by atoms with Gasteiger partial charge in [0.25, 0.3) is 5.91 Å². The molecule has 0 radical (unpaired) electrons. The summed E-state index contributed by atoms with van der Waals surface area (Å²) in [6.45, 7) is 7.29. The van der Waals surface area contributed by atoms with Crippen LogP contribution in [0.1, 0.15) is 59.2 Å². The van der Waals surface area contributed by atoms with Gasteiger partial charge in [-0.15, -0.1) is 11.3 Å². The maximum absolute atomic E-state index is 12.7. The molecular formula is C19H26N2OS. The highest BCUT2D eigenvalue weighted by Crippen LogP contribution is 2.24. The number of carbonyl (C=O) groups is 1. The predicted octanol–water partition coefficient (Wildman–Crippen LogP) is 4.52. The number of rotatable bonds is 4. The molecule has 0 spiro atoms. The third-order valence-electron chi connectivity index (χ3n) is 5.06. The molecule has 0 aromatic carbocycles. The highest BCUT2D eigenvalue weighted by atomic mass is 32.1. The van der Waals surface area contributed by atoms with Crippen molar-refractivity contribution in [1.29, 1.82) is 0 Å². The normalized spacial score (nSPS) is 21.3. The molecule has 1 N–H and O–H groups in total. The van der Waals surface area contributed by atoms with Crippen LogP contribution in [-0.2, 0) is 6.54 Å². The van der Waals surface area contributed by atoms with Crippen LogP contribution in [0, 0.1) is 19.8 Å². The Kier molecular flexibility index (Phi) is 4.90. The van der Waals surface area contributed by atoms with Crippen LogP contribution in [0.25, 0.3) is 0 Å². The molecule has 1 fully saturated rings. The smallest absolute Gasteiger partial charge is 0.253 e. The molecule has 1 amide bonds. The monoisotopic (exact) mass is 330 g/mol. The number of aromatic nitrogens is 1. The Balaban J connectivity index is 1.71. The van der Waals surface area contributed by atoms with Gasteiger partial charge in [-0.3, -0.25) is 4.79 Å². The Morgan fingerprint density at radius 2 is 2.04 bits per heavy atom. The van der Waals surface area contributed by atoms with E-state index < -0.39 is 0 Å². The second-order valence-electron chi connectivity index (χ2n) is 6.88. The average molecular weight is 330 g/mol. The first-order valence-electron chi connectivity index (χ1n) is 8.54. The number of nitrogens with one attached hydrogen (secondary N) is 1. The fraction of sp³-hybridized carbons (Fsp3) is 0.526. The van der Waals surface area contributed by atoms with Gasteiger partial charge >= 0.3 is 0 Å². The molecule has 23 heavy (non-hydrogen) atoms. The van der Waals surface area contributed by atoms with Crippen LogP contribution in [0.5, 0.6) is 0 Å². The lowest BCUT2D eigenvalue weighted by Gasteiger charge is -2.26. The van der Waals surface area contributed by atoms with E-state index in [2.05, 4.69) is 48.2 Å². The van der Waals surface area contributed by atoms with Crippen molar-refractivity contribution in [3.8, 4) is 0 Å². The zero-order chi connectivity index (χ0) is 16.4. The third-order valence-corrected chi connectivity index (χ3v) is 5.92. The summed E-state index contributed by atoms with van der Waals surface area (Å²) in [6, 6.07) is 6.60. The molecule has 0 aliphatic heterocycles. The van der Waals surface area contributed by atoms with Gasteiger partial charge in [-0.25, -0.2) is 0 Å². The minimum Gasteiger partial charge on any atom is -0.349 e. The molecule has 124 valence electrons. The maximum Gasteiger partial charge on any atom is 0.253 e. The fourth-order valence-electron chi connectivity index (χ4n) is 3.50. The summed E-state index contributed by atoms with van der Waals surface area (Å²) in [5.41, 5.74) is 3.05. The topological polar surface area (TPSA) is 34.0 Å². The first-order chi connectivity index (χ1) is 11.0. The second kappa shape index (κ2) is 6.91. The van der Waals surface area contributed by atoms with Gasteiger partial charge < -0.3 is 9.88 Å². The fourth-order valence-corrected chi connectivity index (χ4v) is 4.19. The van der Waals surface area contributed by atoms with Crippen LogP contribution in [0.2, 0.25) is 0 Å². The molecule has 1 aliphatic carbocycles. The summed E-state index contributed by atoms with van der Waals surface area (Å²) in [7, 11) is 0. The van der Waals surface area contributed by atoms with Gasteiger partial charge in [0.1, 0.15) is 0 Å². The van der Waals surface area contributed by atoms with E-state index in [0.29, 0.717) is 6.04 Å². The van der Waals surface area contributed by atoms with Crippen molar-refractivity contribution in [3.05, 3.63) is 45.4 Å². The van der Waals surface area contributed by atoms with Crippen LogP contribution in [0.15, 0.2) is 23.6 Å². The molecule has 0 bridgehead atoms. The summed E-state index contributed by atoms with van der Waals surface area (Å²) in [5, 5.41) is 5.34. The van der Waals surface area contributed by atoms with Crippen LogP contribution < -0.4 is 5.32 Å². The highest BCUT2D eigenvalue weighted by Gasteiger charge is 2.22. The molecule has 2 aromatic heterocycles. The number of hydrogen-bond acceptors (Lipinski definition) is 2. The van der Waals surface area contributed by atoms with Crippen molar-refractivity contribution in [2.24, 2.45) is 5.92 Å². The summed E-state index contributed by atoms with van der Waals surface area (Å²) < 4.78 is 2.24. The van der Waals surface area contributed by atoms with E-state index in [1.807, 2.05) is 6.07 Å². The van der Waals surface area contributed by atoms with Gasteiger partial charge in [0.15, 0.2) is 0 Å². The zero-order valence-electron chi connectivity index (χ0n) is 14.3. The lowest BCUT2D eigenvalue weighted by Crippen LogP contribution is -2.37. The van der Waals surface area contributed by atoms with Gasteiger partial charge in [-0.2, -0.15) is 0 Å². The van der Waals surface area contributed by atoms with Gasteiger partial charge in [0.2, 0.25) is 0 Å². The summed E-state index contributed by atoms with van der Waals surface area (Å²) in [6.07, 6.45) is 4.67. The predicted molar refractivity (Wildman–Crippen MR) is 96.2 cm³/mol. The Morgan fingerprint density at radius 3 is 2.70 bits per heavy atom. The van der Waals surface area contributed by atoms with Crippen molar-refractivity contribution >= 4 is 17.2 Å². The number of aryl methyl sites for hydroxylation is 1. The Morgan fingerprint density at radius 1 is 1.30 bits per heavy atom. The van der Waals surface area contributed by atoms with Gasteiger partial charge in [-0.05, 0) is 63.0 Å². The van der Waals surface area contributed by atoms with Crippen LogP contribution in [0.3, 0.4) is 0 Å². The molecule has 1 saturated carbocycles. The maximum atomic E-state index is 12.7. The third kappa shape index (κ3) is 3.69. The summed E-state index contributed by atoms with van der Waals surface area (Å²) in [5.74, 6) is 0.897. The Labute approximate surface area is 142 Å². The number of hydrogen-bond donors (Lipinski definition) is 1. The molecule has 0 unspecified atom stereocenters. The van der Waals surface area contributed by atoms with Crippen molar-refractivity contribution in [2.45, 2.75) is 59.0 Å². The number of carbonyl (C=O) groups excluding carboxylic acids is 1. The summed E-state index contributed by atoms with van der Waals surface area (Å²) >= 11 is 1.76. The van der Waals surface area contributed by atoms with Crippen molar-refractivity contribution in [1.82, 2.24) is 9.88 Å². The highest BCUT2D eigenvalue weighted by molar-refractivity contribution is 7.09. The van der Waals surface area contributed by atoms with E-state index >= 15 is 0 Å². The van der Waals surface area contributed by atoms with Crippen molar-refractivity contribution in [3.63, 3.8) is 0 Å². The quantitative estimate of drug-likeness (QED) is 0.878. The van der Waals surface area contributed by atoms with E-state index in [9.17, 15) is 4.79 Å². The van der Waals surface area contributed by atoms with Gasteiger partial charge in [0, 0.05) is 22.3 Å². The Hall–Kier alpha value is -1.55. The minimum atomic E-state index is 0.0927. The standard InChI is InChI=1S/C19H26N2OS/c1-13-6-8-16(9-7-13)20-19(22)18-11-14(2)21(15(18)3)12-17-5-4-10-23-17/h4-5,10-11,13,16H,6-9,12H2,1-3H3,(H,20,22). The van der Waals surface area contributed by atoms with Crippen LogP contribution in [-0.4, -0.2) is 16.5 Å². The van der Waals surface area contributed by atoms with E-state index in [1.165, 1.54) is 17.7 Å². The van der Waals surface area contributed by atoms with E-state index in [0.717, 1.165) is 42.3 Å². The van der Waals surface area contributed by atoms with Crippen molar-refractivity contribution in [2.75, 3.05) is 0 Å². The largest absolute Gasteiger partial charge is 0.349 e. The first kappa shape index (κ1) is 16.3. The van der Waals surface area contributed by atoms with Gasteiger partial charge in [-0.1, -0.05) is 13.0 Å². The molecule has 3 rings (SSSR count). The van der Waals surface area contributed by atoms with E-state index in [-0.39, 0.29) is 5.91 Å². The number of amides is 1. The SMILES string of the molecule is Cc1cc(C(=O)NC2CCC(C)CC2)c(C)n1Cc1cccs1. The number of nitrogens with zero attached hydrogens (tertiary/aromatic N) is 1. The molecule has 3 nitrogen and oxygen atoms in total. The lowest BCUT2D eigenvalue weighted by atomic mass is 9.87. The molecule has 2 aromatic rings.